The molecular formula is C16H19N5O3. The summed E-state index contributed by atoms with van der Waals surface area (Å²) in [6, 6.07) is 9.44. The lowest BCUT2D eigenvalue weighted by atomic mass is 9.91. The standard InChI is InChI=1S/C16H19N5O3/c22-15(23)6-12-9-21(10-13(12)14-8-18-20-19-14)16(24)17-7-11-4-2-1-3-5-11/h1-5,8,12-13H,6-7,9-10H2,(H,17,24)(H,22,23)(H,18,19,20)/t12-,13+/m0/s1. The van der Waals surface area contributed by atoms with Crippen LogP contribution in [0.3, 0.4) is 0 Å². The number of nitrogens with zero attached hydrogens (tertiary/aromatic N) is 3. The summed E-state index contributed by atoms with van der Waals surface area (Å²) in [5, 5.41) is 22.4. The number of carbonyl (C=O) groups is 2. The van der Waals surface area contributed by atoms with Gasteiger partial charge in [-0.25, -0.2) is 4.79 Å². The van der Waals surface area contributed by atoms with Gasteiger partial charge in [0.1, 0.15) is 0 Å². The van der Waals surface area contributed by atoms with Gasteiger partial charge in [0.05, 0.1) is 18.3 Å². The molecule has 0 spiro atoms. The van der Waals surface area contributed by atoms with Crippen LogP contribution in [0.2, 0.25) is 0 Å². The quantitative estimate of drug-likeness (QED) is 0.763. The number of aromatic nitrogens is 3. The number of likely N-dealkylation sites (tertiary alicyclic amines) is 1. The van der Waals surface area contributed by atoms with E-state index in [1.165, 1.54) is 0 Å². The molecule has 1 aliphatic heterocycles. The van der Waals surface area contributed by atoms with Crippen molar-refractivity contribution in [1.29, 1.82) is 0 Å². The number of nitrogens with one attached hydrogen (secondary N) is 2. The zero-order chi connectivity index (χ0) is 16.9. The number of hydrogen-bond donors (Lipinski definition) is 3. The van der Waals surface area contributed by atoms with Gasteiger partial charge < -0.3 is 15.3 Å². The van der Waals surface area contributed by atoms with Gasteiger partial charge in [-0.05, 0) is 11.5 Å². The summed E-state index contributed by atoms with van der Waals surface area (Å²) in [4.78, 5) is 25.1. The minimum atomic E-state index is -0.875. The van der Waals surface area contributed by atoms with Crippen LogP contribution >= 0.6 is 0 Å². The van der Waals surface area contributed by atoms with Crippen molar-refractivity contribution >= 4 is 12.0 Å². The summed E-state index contributed by atoms with van der Waals surface area (Å²) >= 11 is 0. The Morgan fingerprint density at radius 2 is 2.08 bits per heavy atom. The van der Waals surface area contributed by atoms with E-state index >= 15 is 0 Å². The average molecular weight is 329 g/mol. The molecule has 8 nitrogen and oxygen atoms in total. The first kappa shape index (κ1) is 16.0. The molecule has 3 N–H and O–H groups in total. The molecule has 126 valence electrons. The predicted molar refractivity (Wildman–Crippen MR) is 85.1 cm³/mol. The highest BCUT2D eigenvalue weighted by molar-refractivity contribution is 5.75. The van der Waals surface area contributed by atoms with Crippen molar-refractivity contribution in [2.75, 3.05) is 13.1 Å². The van der Waals surface area contributed by atoms with Gasteiger partial charge in [0, 0.05) is 25.6 Å². The van der Waals surface area contributed by atoms with Crippen molar-refractivity contribution in [3.8, 4) is 0 Å². The van der Waals surface area contributed by atoms with E-state index in [4.69, 9.17) is 5.11 Å². The van der Waals surface area contributed by atoms with Gasteiger partial charge in [-0.15, -0.1) is 0 Å². The van der Waals surface area contributed by atoms with Gasteiger partial charge in [0.15, 0.2) is 0 Å². The van der Waals surface area contributed by atoms with E-state index < -0.39 is 5.97 Å². The van der Waals surface area contributed by atoms with E-state index in [0.717, 1.165) is 5.56 Å². The normalized spacial score (nSPS) is 20.1. The molecule has 0 radical (unpaired) electrons. The minimum Gasteiger partial charge on any atom is -0.481 e. The van der Waals surface area contributed by atoms with Crippen molar-refractivity contribution in [2.24, 2.45) is 5.92 Å². The highest BCUT2D eigenvalue weighted by Gasteiger charge is 2.38. The van der Waals surface area contributed by atoms with Crippen molar-refractivity contribution in [3.05, 3.63) is 47.8 Å². The number of carbonyl (C=O) groups excluding carboxylic acids is 1. The summed E-state index contributed by atoms with van der Waals surface area (Å²) < 4.78 is 0. The van der Waals surface area contributed by atoms with Gasteiger partial charge in [-0.1, -0.05) is 30.3 Å². The van der Waals surface area contributed by atoms with E-state index in [2.05, 4.69) is 20.7 Å². The molecule has 1 aliphatic rings. The lowest BCUT2D eigenvalue weighted by molar-refractivity contribution is -0.138. The number of amides is 2. The van der Waals surface area contributed by atoms with Gasteiger partial charge in [-0.3, -0.25) is 4.79 Å². The van der Waals surface area contributed by atoms with Crippen LogP contribution in [0.5, 0.6) is 0 Å². The second kappa shape index (κ2) is 7.12. The zero-order valence-corrected chi connectivity index (χ0v) is 13.1. The average Bonchev–Trinajstić information content (AvgIpc) is 3.22. The molecule has 2 aromatic rings. The van der Waals surface area contributed by atoms with Crippen LogP contribution in [0.15, 0.2) is 36.5 Å². The molecular weight excluding hydrogens is 310 g/mol. The Labute approximate surface area is 138 Å². The molecule has 1 fully saturated rings. The number of urea groups is 1. The molecule has 1 aromatic carbocycles. The Kier molecular flexibility index (Phi) is 4.74. The Morgan fingerprint density at radius 3 is 2.75 bits per heavy atom. The van der Waals surface area contributed by atoms with Gasteiger partial charge in [-0.2, -0.15) is 15.4 Å². The maximum absolute atomic E-state index is 12.4. The first-order valence-corrected chi connectivity index (χ1v) is 7.77. The van der Waals surface area contributed by atoms with E-state index in [9.17, 15) is 9.59 Å². The maximum Gasteiger partial charge on any atom is 0.317 e. The van der Waals surface area contributed by atoms with E-state index in [-0.39, 0.29) is 24.3 Å². The minimum absolute atomic E-state index is 0.00000800. The number of aromatic amines is 1. The van der Waals surface area contributed by atoms with E-state index in [0.29, 0.717) is 25.3 Å². The third-order valence-electron chi connectivity index (χ3n) is 4.27. The fourth-order valence-electron chi connectivity index (χ4n) is 3.08. The number of aliphatic carboxylic acids is 1. The van der Waals surface area contributed by atoms with E-state index in [1.807, 2.05) is 30.3 Å². The molecule has 1 saturated heterocycles. The SMILES string of the molecule is O=C(O)C[C@H]1CN(C(=O)NCc2ccccc2)C[C@H]1c1cn[nH]n1. The number of rotatable bonds is 5. The highest BCUT2D eigenvalue weighted by atomic mass is 16.4. The fraction of sp³-hybridized carbons (Fsp3) is 0.375. The molecule has 0 unspecified atom stereocenters. The number of benzene rings is 1. The van der Waals surface area contributed by atoms with Crippen molar-refractivity contribution in [3.63, 3.8) is 0 Å². The molecule has 0 bridgehead atoms. The van der Waals surface area contributed by atoms with Crippen LogP contribution in [0.25, 0.3) is 0 Å². The highest BCUT2D eigenvalue weighted by Crippen LogP contribution is 2.33. The Bertz CT molecular complexity index is 689. The first-order chi connectivity index (χ1) is 11.6. The molecule has 24 heavy (non-hydrogen) atoms. The zero-order valence-electron chi connectivity index (χ0n) is 13.1. The molecule has 3 rings (SSSR count). The number of H-pyrrole nitrogens is 1. The van der Waals surface area contributed by atoms with Crippen molar-refractivity contribution in [2.45, 2.75) is 18.9 Å². The predicted octanol–water partition coefficient (Wildman–Crippen LogP) is 1.20. The topological polar surface area (TPSA) is 111 Å². The summed E-state index contributed by atoms with van der Waals surface area (Å²) in [6.45, 7) is 1.27. The monoisotopic (exact) mass is 329 g/mol. The largest absolute Gasteiger partial charge is 0.481 e. The summed E-state index contributed by atoms with van der Waals surface area (Å²) in [5.41, 5.74) is 1.71. The number of hydrogen-bond acceptors (Lipinski definition) is 4. The maximum atomic E-state index is 12.4. The second-order valence-corrected chi connectivity index (χ2v) is 5.91. The molecule has 2 heterocycles. The van der Waals surface area contributed by atoms with Gasteiger partial charge in [0.25, 0.3) is 0 Å². The molecule has 0 aliphatic carbocycles. The third kappa shape index (κ3) is 3.70. The van der Waals surface area contributed by atoms with Crippen molar-refractivity contribution < 1.29 is 14.7 Å². The molecule has 0 saturated carbocycles. The molecule has 2 atom stereocenters. The number of carboxylic acid groups (broad SMARTS) is 1. The van der Waals surface area contributed by atoms with Gasteiger partial charge >= 0.3 is 12.0 Å². The van der Waals surface area contributed by atoms with Crippen LogP contribution in [-0.2, 0) is 11.3 Å². The van der Waals surface area contributed by atoms with Gasteiger partial charge in [0.2, 0.25) is 0 Å². The van der Waals surface area contributed by atoms with Crippen molar-refractivity contribution in [1.82, 2.24) is 25.6 Å². The van der Waals surface area contributed by atoms with Crippen LogP contribution in [0, 0.1) is 5.92 Å². The first-order valence-electron chi connectivity index (χ1n) is 7.77. The summed E-state index contributed by atoms with van der Waals surface area (Å²) in [7, 11) is 0. The fourth-order valence-corrected chi connectivity index (χ4v) is 3.08. The second-order valence-electron chi connectivity index (χ2n) is 5.91. The van der Waals surface area contributed by atoms with E-state index in [1.54, 1.807) is 11.1 Å². The molecule has 2 amide bonds. The number of carboxylic acids is 1. The lowest BCUT2D eigenvalue weighted by Crippen LogP contribution is -2.38. The van der Waals surface area contributed by atoms with Crippen LogP contribution in [-0.4, -0.2) is 50.5 Å². The summed E-state index contributed by atoms with van der Waals surface area (Å²) in [6.07, 6.45) is 1.59. The van der Waals surface area contributed by atoms with Crippen LogP contribution < -0.4 is 5.32 Å². The molecule has 8 heteroatoms. The van der Waals surface area contributed by atoms with Crippen LogP contribution in [0.4, 0.5) is 4.79 Å². The lowest BCUT2D eigenvalue weighted by Gasteiger charge is -2.17. The summed E-state index contributed by atoms with van der Waals surface area (Å²) in [5.74, 6) is -1.17. The Morgan fingerprint density at radius 1 is 1.29 bits per heavy atom. The smallest absolute Gasteiger partial charge is 0.317 e. The Hall–Kier alpha value is -2.90. The Balaban J connectivity index is 1.63. The van der Waals surface area contributed by atoms with Crippen LogP contribution in [0.1, 0.15) is 23.6 Å². The third-order valence-corrected chi connectivity index (χ3v) is 4.27. The molecule has 1 aromatic heterocycles.